The molecule has 2 aromatic heterocycles. The van der Waals surface area contributed by atoms with E-state index in [4.69, 9.17) is 9.52 Å². The number of hydrogen-bond donors (Lipinski definition) is 1. The summed E-state index contributed by atoms with van der Waals surface area (Å²) < 4.78 is 7.15. The molecular weight excluding hydrogens is 428 g/mol. The van der Waals surface area contributed by atoms with E-state index in [1.807, 2.05) is 59.4 Å². The summed E-state index contributed by atoms with van der Waals surface area (Å²) in [6.45, 7) is 1.52. The van der Waals surface area contributed by atoms with Crippen LogP contribution in [0.25, 0.3) is 11.3 Å². The van der Waals surface area contributed by atoms with Crippen LogP contribution < -0.4 is 5.32 Å². The van der Waals surface area contributed by atoms with Crippen LogP contribution in [0.3, 0.4) is 0 Å². The fraction of sp³-hybridized carbons (Fsp3) is 0.222. The number of benzene rings is 2. The average molecular weight is 455 g/mol. The molecule has 0 saturated carbocycles. The van der Waals surface area contributed by atoms with Crippen molar-refractivity contribution in [3.63, 3.8) is 0 Å². The van der Waals surface area contributed by atoms with E-state index in [0.29, 0.717) is 26.1 Å². The van der Waals surface area contributed by atoms with Gasteiger partial charge < -0.3 is 14.6 Å². The van der Waals surface area contributed by atoms with Crippen LogP contribution in [0.5, 0.6) is 0 Å². The summed E-state index contributed by atoms with van der Waals surface area (Å²) in [4.78, 5) is 27.4. The second-order valence-electron chi connectivity index (χ2n) is 8.40. The summed E-state index contributed by atoms with van der Waals surface area (Å²) in [6.07, 6.45) is 4.87. The zero-order chi connectivity index (χ0) is 23.3. The van der Waals surface area contributed by atoms with E-state index in [2.05, 4.69) is 17.4 Å². The predicted molar refractivity (Wildman–Crippen MR) is 128 cm³/mol. The monoisotopic (exact) mass is 454 g/mol. The topological polar surface area (TPSA) is 80.4 Å². The summed E-state index contributed by atoms with van der Waals surface area (Å²) >= 11 is 0. The SMILES string of the molecule is O=C(NCc1cn(Cc2ccccc2)nc1-c1ccccc1)[C@H]1CCCN1C(=O)c1ccco1. The first-order chi connectivity index (χ1) is 16.7. The lowest BCUT2D eigenvalue weighted by molar-refractivity contribution is -0.125. The molecule has 7 nitrogen and oxygen atoms in total. The van der Waals surface area contributed by atoms with Gasteiger partial charge in [0.1, 0.15) is 6.04 Å². The van der Waals surface area contributed by atoms with Gasteiger partial charge in [0, 0.05) is 30.4 Å². The third kappa shape index (κ3) is 4.64. The molecule has 5 rings (SSSR count). The second kappa shape index (κ2) is 9.79. The quantitative estimate of drug-likeness (QED) is 0.456. The van der Waals surface area contributed by atoms with Gasteiger partial charge in [0.25, 0.3) is 5.91 Å². The lowest BCUT2D eigenvalue weighted by Gasteiger charge is -2.23. The number of hydrogen-bond acceptors (Lipinski definition) is 4. The smallest absolute Gasteiger partial charge is 0.290 e. The van der Waals surface area contributed by atoms with Crippen LogP contribution in [-0.4, -0.2) is 39.1 Å². The number of furan rings is 1. The van der Waals surface area contributed by atoms with Gasteiger partial charge in [-0.15, -0.1) is 0 Å². The number of aromatic nitrogens is 2. The lowest BCUT2D eigenvalue weighted by atomic mass is 10.1. The van der Waals surface area contributed by atoms with Gasteiger partial charge in [-0.2, -0.15) is 5.10 Å². The Morgan fingerprint density at radius 1 is 1.00 bits per heavy atom. The molecule has 7 heteroatoms. The van der Waals surface area contributed by atoms with Crippen LogP contribution in [0.4, 0.5) is 0 Å². The molecule has 0 radical (unpaired) electrons. The highest BCUT2D eigenvalue weighted by Crippen LogP contribution is 2.24. The van der Waals surface area contributed by atoms with E-state index in [0.717, 1.165) is 28.8 Å². The number of rotatable bonds is 7. The van der Waals surface area contributed by atoms with Gasteiger partial charge in [-0.05, 0) is 30.5 Å². The molecule has 1 N–H and O–H groups in total. The van der Waals surface area contributed by atoms with E-state index in [9.17, 15) is 9.59 Å². The third-order valence-electron chi connectivity index (χ3n) is 6.07. The molecule has 34 heavy (non-hydrogen) atoms. The van der Waals surface area contributed by atoms with Crippen molar-refractivity contribution in [3.05, 3.63) is 102 Å². The van der Waals surface area contributed by atoms with Gasteiger partial charge in [-0.25, -0.2) is 0 Å². The number of nitrogens with zero attached hydrogens (tertiary/aromatic N) is 3. The van der Waals surface area contributed by atoms with Crippen LogP contribution in [0.15, 0.2) is 89.7 Å². The summed E-state index contributed by atoms with van der Waals surface area (Å²) in [6, 6.07) is 22.9. The molecule has 1 fully saturated rings. The summed E-state index contributed by atoms with van der Waals surface area (Å²) in [5, 5.41) is 7.86. The predicted octanol–water partition coefficient (Wildman–Crippen LogP) is 4.11. The Hall–Kier alpha value is -4.13. The van der Waals surface area contributed by atoms with Crippen LogP contribution >= 0.6 is 0 Å². The molecule has 1 saturated heterocycles. The van der Waals surface area contributed by atoms with Crippen LogP contribution in [-0.2, 0) is 17.9 Å². The van der Waals surface area contributed by atoms with Crippen LogP contribution in [0.1, 0.15) is 34.5 Å². The molecule has 0 unspecified atom stereocenters. The highest BCUT2D eigenvalue weighted by Gasteiger charge is 2.35. The maximum Gasteiger partial charge on any atom is 0.290 e. The Balaban J connectivity index is 1.33. The molecule has 4 aromatic rings. The van der Waals surface area contributed by atoms with Gasteiger partial charge in [-0.3, -0.25) is 14.3 Å². The molecule has 172 valence electrons. The van der Waals surface area contributed by atoms with Crippen LogP contribution in [0, 0.1) is 0 Å². The number of carbonyl (C=O) groups is 2. The summed E-state index contributed by atoms with van der Waals surface area (Å²) in [7, 11) is 0. The van der Waals surface area contributed by atoms with Crippen molar-refractivity contribution < 1.29 is 14.0 Å². The molecule has 2 aromatic carbocycles. The Morgan fingerprint density at radius 3 is 2.50 bits per heavy atom. The normalized spacial score (nSPS) is 15.4. The fourth-order valence-electron chi connectivity index (χ4n) is 4.41. The van der Waals surface area contributed by atoms with E-state index in [-0.39, 0.29) is 17.6 Å². The molecule has 1 atom stereocenters. The van der Waals surface area contributed by atoms with Crippen molar-refractivity contribution in [2.24, 2.45) is 0 Å². The van der Waals surface area contributed by atoms with Crippen molar-refractivity contribution in [1.29, 1.82) is 0 Å². The van der Waals surface area contributed by atoms with E-state index < -0.39 is 6.04 Å². The second-order valence-corrected chi connectivity index (χ2v) is 8.40. The number of carbonyl (C=O) groups excluding carboxylic acids is 2. The van der Waals surface area contributed by atoms with Gasteiger partial charge >= 0.3 is 0 Å². The maximum absolute atomic E-state index is 13.1. The Labute approximate surface area is 198 Å². The molecule has 2 amide bonds. The minimum atomic E-state index is -0.503. The minimum Gasteiger partial charge on any atom is -0.459 e. The molecule has 1 aliphatic rings. The van der Waals surface area contributed by atoms with Crippen molar-refractivity contribution >= 4 is 11.8 Å². The number of nitrogens with one attached hydrogen (secondary N) is 1. The number of amides is 2. The highest BCUT2D eigenvalue weighted by atomic mass is 16.3. The summed E-state index contributed by atoms with van der Waals surface area (Å²) in [5.74, 6) is -0.149. The largest absolute Gasteiger partial charge is 0.459 e. The minimum absolute atomic E-state index is 0.160. The van der Waals surface area contributed by atoms with Crippen molar-refractivity contribution in [2.45, 2.75) is 32.0 Å². The lowest BCUT2D eigenvalue weighted by Crippen LogP contribution is -2.45. The van der Waals surface area contributed by atoms with Gasteiger partial charge in [0.2, 0.25) is 5.91 Å². The first-order valence-corrected chi connectivity index (χ1v) is 11.5. The Kier molecular flexibility index (Phi) is 6.25. The zero-order valence-corrected chi connectivity index (χ0v) is 18.8. The number of likely N-dealkylation sites (tertiary alicyclic amines) is 1. The maximum atomic E-state index is 13.1. The highest BCUT2D eigenvalue weighted by molar-refractivity contribution is 5.96. The first kappa shape index (κ1) is 21.7. The zero-order valence-electron chi connectivity index (χ0n) is 18.8. The Morgan fingerprint density at radius 2 is 1.76 bits per heavy atom. The van der Waals surface area contributed by atoms with Crippen molar-refractivity contribution in [1.82, 2.24) is 20.0 Å². The standard InChI is InChI=1S/C27H26N4O3/c32-26(23-13-7-15-31(23)27(33)24-14-8-16-34-24)28-17-22-19-30(18-20-9-3-1-4-10-20)29-25(22)21-11-5-2-6-12-21/h1-6,8-12,14,16,19,23H,7,13,15,17-18H2,(H,28,32)/t23-/m1/s1. The first-order valence-electron chi connectivity index (χ1n) is 11.5. The van der Waals surface area contributed by atoms with Gasteiger partial charge in [-0.1, -0.05) is 60.7 Å². The van der Waals surface area contributed by atoms with Crippen molar-refractivity contribution in [2.75, 3.05) is 6.54 Å². The average Bonchev–Trinajstić information content (AvgIpc) is 3.64. The molecule has 0 spiro atoms. The van der Waals surface area contributed by atoms with E-state index in [1.54, 1.807) is 17.0 Å². The third-order valence-corrected chi connectivity index (χ3v) is 6.07. The van der Waals surface area contributed by atoms with E-state index >= 15 is 0 Å². The van der Waals surface area contributed by atoms with Crippen molar-refractivity contribution in [3.8, 4) is 11.3 Å². The molecule has 3 heterocycles. The molecule has 1 aliphatic heterocycles. The summed E-state index contributed by atoms with van der Waals surface area (Å²) in [5.41, 5.74) is 3.91. The fourth-order valence-corrected chi connectivity index (χ4v) is 4.41. The molecular formula is C27H26N4O3. The van der Waals surface area contributed by atoms with E-state index in [1.165, 1.54) is 6.26 Å². The van der Waals surface area contributed by atoms with Crippen LogP contribution in [0.2, 0.25) is 0 Å². The molecule has 0 bridgehead atoms. The van der Waals surface area contributed by atoms with Gasteiger partial charge in [0.05, 0.1) is 18.5 Å². The van der Waals surface area contributed by atoms with Gasteiger partial charge in [0.15, 0.2) is 5.76 Å². The molecule has 0 aliphatic carbocycles. The Bertz CT molecular complexity index is 1250.